The van der Waals surface area contributed by atoms with Gasteiger partial charge in [-0.15, -0.1) is 0 Å². The van der Waals surface area contributed by atoms with Crippen molar-refractivity contribution in [3.05, 3.63) is 0 Å². The first-order chi connectivity index (χ1) is 6.36. The number of amides is 2. The number of hydrogen-bond donors (Lipinski definition) is 4. The normalized spacial score (nSPS) is 15.1. The van der Waals surface area contributed by atoms with Gasteiger partial charge in [-0.1, -0.05) is 13.8 Å². The van der Waals surface area contributed by atoms with E-state index in [0.29, 0.717) is 0 Å². The summed E-state index contributed by atoms with van der Waals surface area (Å²) < 4.78 is 0. The molecule has 0 aromatic rings. The van der Waals surface area contributed by atoms with E-state index in [-0.39, 0.29) is 12.5 Å². The standard InChI is InChI=1S/C8H18N4O2/c1-4(2)6(8(11)14)12-3-5(9)7(10)13/h4-6,12H,3,9H2,1-2H3,(H2,10,13)(H2,11,14). The molecule has 0 fully saturated rings. The van der Waals surface area contributed by atoms with E-state index in [2.05, 4.69) is 5.32 Å². The molecule has 0 aromatic carbocycles. The van der Waals surface area contributed by atoms with Crippen LogP contribution in [0, 0.1) is 5.92 Å². The van der Waals surface area contributed by atoms with Gasteiger partial charge in [0.1, 0.15) is 0 Å². The van der Waals surface area contributed by atoms with Crippen molar-refractivity contribution in [1.29, 1.82) is 0 Å². The minimum absolute atomic E-state index is 0.0487. The topological polar surface area (TPSA) is 124 Å². The van der Waals surface area contributed by atoms with Crippen LogP contribution >= 0.6 is 0 Å². The first kappa shape index (κ1) is 12.9. The number of nitrogens with one attached hydrogen (secondary N) is 1. The highest BCUT2D eigenvalue weighted by Gasteiger charge is 2.20. The molecule has 0 spiro atoms. The molecule has 0 saturated heterocycles. The molecule has 0 bridgehead atoms. The van der Waals surface area contributed by atoms with Crippen LogP contribution in [0.4, 0.5) is 0 Å². The van der Waals surface area contributed by atoms with Gasteiger partial charge in [-0.25, -0.2) is 0 Å². The van der Waals surface area contributed by atoms with Crippen molar-refractivity contribution in [2.24, 2.45) is 23.1 Å². The van der Waals surface area contributed by atoms with Gasteiger partial charge in [-0.3, -0.25) is 9.59 Å². The third-order valence-corrected chi connectivity index (χ3v) is 1.90. The Morgan fingerprint density at radius 3 is 2.00 bits per heavy atom. The molecule has 0 aromatic heterocycles. The Hall–Kier alpha value is -1.14. The fraction of sp³-hybridized carbons (Fsp3) is 0.750. The predicted octanol–water partition coefficient (Wildman–Crippen LogP) is -2.10. The largest absolute Gasteiger partial charge is 0.368 e. The van der Waals surface area contributed by atoms with Crippen molar-refractivity contribution in [2.45, 2.75) is 25.9 Å². The Labute approximate surface area is 83.2 Å². The molecule has 0 aliphatic heterocycles. The lowest BCUT2D eigenvalue weighted by atomic mass is 10.0. The maximum atomic E-state index is 10.9. The highest BCUT2D eigenvalue weighted by atomic mass is 16.2. The highest BCUT2D eigenvalue weighted by molar-refractivity contribution is 5.81. The van der Waals surface area contributed by atoms with Crippen LogP contribution in [0.1, 0.15) is 13.8 Å². The van der Waals surface area contributed by atoms with E-state index in [9.17, 15) is 9.59 Å². The van der Waals surface area contributed by atoms with E-state index in [1.165, 1.54) is 0 Å². The van der Waals surface area contributed by atoms with Crippen LogP contribution in [-0.2, 0) is 9.59 Å². The minimum Gasteiger partial charge on any atom is -0.368 e. The van der Waals surface area contributed by atoms with Crippen molar-refractivity contribution in [1.82, 2.24) is 5.32 Å². The number of carbonyl (C=O) groups excluding carboxylic acids is 2. The summed E-state index contributed by atoms with van der Waals surface area (Å²) in [6.45, 7) is 3.84. The molecule has 2 amide bonds. The molecule has 2 atom stereocenters. The Morgan fingerprint density at radius 1 is 1.21 bits per heavy atom. The minimum atomic E-state index is -0.796. The monoisotopic (exact) mass is 202 g/mol. The maximum absolute atomic E-state index is 10.9. The maximum Gasteiger partial charge on any atom is 0.235 e. The van der Waals surface area contributed by atoms with Crippen molar-refractivity contribution >= 4 is 11.8 Å². The van der Waals surface area contributed by atoms with Crippen LogP contribution in [0.2, 0.25) is 0 Å². The summed E-state index contributed by atoms with van der Waals surface area (Å²) in [7, 11) is 0. The molecule has 0 saturated carbocycles. The fourth-order valence-corrected chi connectivity index (χ4v) is 1.02. The van der Waals surface area contributed by atoms with Crippen molar-refractivity contribution in [2.75, 3.05) is 6.54 Å². The Kier molecular flexibility index (Phi) is 5.11. The van der Waals surface area contributed by atoms with E-state index in [0.717, 1.165) is 0 Å². The zero-order valence-corrected chi connectivity index (χ0v) is 8.49. The molecule has 6 nitrogen and oxygen atoms in total. The van der Waals surface area contributed by atoms with Gasteiger partial charge in [-0.05, 0) is 5.92 Å². The third-order valence-electron chi connectivity index (χ3n) is 1.90. The molecular weight excluding hydrogens is 184 g/mol. The quantitative estimate of drug-likeness (QED) is 0.393. The summed E-state index contributed by atoms with van der Waals surface area (Å²) in [5.41, 5.74) is 15.5. The molecule has 0 heterocycles. The number of primary amides is 2. The van der Waals surface area contributed by atoms with Crippen molar-refractivity contribution in [3.8, 4) is 0 Å². The number of rotatable bonds is 6. The van der Waals surface area contributed by atoms with Crippen LogP contribution in [0.25, 0.3) is 0 Å². The van der Waals surface area contributed by atoms with Gasteiger partial charge in [-0.2, -0.15) is 0 Å². The molecule has 7 N–H and O–H groups in total. The number of nitrogens with two attached hydrogens (primary N) is 3. The second kappa shape index (κ2) is 5.56. The molecule has 2 unspecified atom stereocenters. The van der Waals surface area contributed by atoms with E-state index in [1.54, 1.807) is 0 Å². The summed E-state index contributed by atoms with van der Waals surface area (Å²) in [6, 6.07) is -1.28. The number of carbonyl (C=O) groups is 2. The van der Waals surface area contributed by atoms with E-state index >= 15 is 0 Å². The van der Waals surface area contributed by atoms with Crippen LogP contribution in [0.15, 0.2) is 0 Å². The molecule has 6 heteroatoms. The van der Waals surface area contributed by atoms with Crippen molar-refractivity contribution in [3.63, 3.8) is 0 Å². The zero-order chi connectivity index (χ0) is 11.3. The molecule has 0 aliphatic carbocycles. The number of hydrogen-bond acceptors (Lipinski definition) is 4. The lowest BCUT2D eigenvalue weighted by Gasteiger charge is -2.20. The average molecular weight is 202 g/mol. The third kappa shape index (κ3) is 4.20. The second-order valence-electron chi connectivity index (χ2n) is 3.54. The summed E-state index contributed by atoms with van der Waals surface area (Å²) in [4.78, 5) is 21.5. The van der Waals surface area contributed by atoms with Gasteiger partial charge >= 0.3 is 0 Å². The van der Waals surface area contributed by atoms with E-state index < -0.39 is 23.9 Å². The Balaban J connectivity index is 4.07. The lowest BCUT2D eigenvalue weighted by Crippen LogP contribution is -2.52. The van der Waals surface area contributed by atoms with Gasteiger partial charge in [0.2, 0.25) is 11.8 Å². The first-order valence-corrected chi connectivity index (χ1v) is 4.43. The summed E-state index contributed by atoms with van der Waals surface area (Å²) in [5.74, 6) is -1.02. The van der Waals surface area contributed by atoms with Crippen LogP contribution in [-0.4, -0.2) is 30.4 Å². The smallest absolute Gasteiger partial charge is 0.235 e. The SMILES string of the molecule is CC(C)C(NCC(N)C(N)=O)C(N)=O. The predicted molar refractivity (Wildman–Crippen MR) is 53.0 cm³/mol. The molecule has 82 valence electrons. The summed E-state index contributed by atoms with van der Waals surface area (Å²) >= 11 is 0. The highest BCUT2D eigenvalue weighted by Crippen LogP contribution is 2.00. The van der Waals surface area contributed by atoms with Gasteiger partial charge in [0.15, 0.2) is 0 Å². The first-order valence-electron chi connectivity index (χ1n) is 4.43. The van der Waals surface area contributed by atoms with Crippen molar-refractivity contribution < 1.29 is 9.59 Å². The van der Waals surface area contributed by atoms with E-state index in [1.807, 2.05) is 13.8 Å². The summed E-state index contributed by atoms with van der Waals surface area (Å²) in [5, 5.41) is 2.80. The fourth-order valence-electron chi connectivity index (χ4n) is 1.02. The summed E-state index contributed by atoms with van der Waals surface area (Å²) in [6.07, 6.45) is 0. The van der Waals surface area contributed by atoms with Crippen LogP contribution in [0.3, 0.4) is 0 Å². The van der Waals surface area contributed by atoms with Gasteiger partial charge in [0.25, 0.3) is 0 Å². The zero-order valence-electron chi connectivity index (χ0n) is 8.49. The average Bonchev–Trinajstić information content (AvgIpc) is 2.02. The molecule has 0 aliphatic rings. The van der Waals surface area contributed by atoms with Gasteiger partial charge in [0.05, 0.1) is 12.1 Å². The lowest BCUT2D eigenvalue weighted by molar-refractivity contribution is -0.122. The molecule has 0 rings (SSSR count). The Morgan fingerprint density at radius 2 is 1.71 bits per heavy atom. The molecular formula is C8H18N4O2. The van der Waals surface area contributed by atoms with Gasteiger partial charge < -0.3 is 22.5 Å². The Bertz CT molecular complexity index is 217. The second-order valence-corrected chi connectivity index (χ2v) is 3.54. The van der Waals surface area contributed by atoms with Crippen LogP contribution in [0.5, 0.6) is 0 Å². The molecule has 0 radical (unpaired) electrons. The molecule has 14 heavy (non-hydrogen) atoms. The van der Waals surface area contributed by atoms with E-state index in [4.69, 9.17) is 17.2 Å². The van der Waals surface area contributed by atoms with Crippen LogP contribution < -0.4 is 22.5 Å². The van der Waals surface area contributed by atoms with Gasteiger partial charge in [0, 0.05) is 6.54 Å².